The Morgan fingerprint density at radius 2 is 2.07 bits per heavy atom. The summed E-state index contributed by atoms with van der Waals surface area (Å²) in [7, 11) is 4.04. The van der Waals surface area contributed by atoms with Gasteiger partial charge in [0, 0.05) is 0 Å². The van der Waals surface area contributed by atoms with Gasteiger partial charge in [-0.1, -0.05) is 13.2 Å². The van der Waals surface area contributed by atoms with E-state index in [2.05, 4.69) is 13.2 Å². The van der Waals surface area contributed by atoms with Gasteiger partial charge in [0.25, 0.3) is 0 Å². The Labute approximate surface area is 86.3 Å². The van der Waals surface area contributed by atoms with Gasteiger partial charge in [-0.15, -0.1) is 0 Å². The lowest BCUT2D eigenvalue weighted by molar-refractivity contribution is -0.879. The normalized spacial score (nSPS) is 10.8. The summed E-state index contributed by atoms with van der Waals surface area (Å²) in [6.45, 7) is 11.0. The van der Waals surface area contributed by atoms with E-state index in [1.54, 1.807) is 6.92 Å². The second-order valence-electron chi connectivity index (χ2n) is 3.89. The molecule has 0 amide bonds. The molecular formula is C11H20NO2+. The van der Waals surface area contributed by atoms with Crippen LogP contribution in [0.2, 0.25) is 0 Å². The highest BCUT2D eigenvalue weighted by molar-refractivity contribution is 5.87. The molecule has 0 rings (SSSR count). The maximum absolute atomic E-state index is 11.3. The van der Waals surface area contributed by atoms with Crippen molar-refractivity contribution in [2.75, 3.05) is 33.8 Å². The third-order valence-electron chi connectivity index (χ3n) is 1.81. The molecule has 0 aliphatic heterocycles. The van der Waals surface area contributed by atoms with E-state index in [-0.39, 0.29) is 5.97 Å². The number of carbonyl (C=O) groups excluding carboxylic acids is 1. The van der Waals surface area contributed by atoms with E-state index in [1.165, 1.54) is 0 Å². The van der Waals surface area contributed by atoms with Crippen LogP contribution in [0.3, 0.4) is 0 Å². The third kappa shape index (κ3) is 4.82. The van der Waals surface area contributed by atoms with Gasteiger partial charge in [0.1, 0.15) is 6.54 Å². The van der Waals surface area contributed by atoms with E-state index >= 15 is 0 Å². The lowest BCUT2D eigenvalue weighted by Gasteiger charge is -2.28. The molecule has 0 fully saturated rings. The fourth-order valence-electron chi connectivity index (χ4n) is 1.23. The SMILES string of the molecule is C=CC[N+](C)(C)CC(=C)C(=O)OCC. The highest BCUT2D eigenvalue weighted by Gasteiger charge is 2.19. The summed E-state index contributed by atoms with van der Waals surface area (Å²) >= 11 is 0. The summed E-state index contributed by atoms with van der Waals surface area (Å²) < 4.78 is 5.52. The molecule has 0 aromatic heterocycles. The number of likely N-dealkylation sites (N-methyl/N-ethyl adjacent to an activating group) is 1. The van der Waals surface area contributed by atoms with Gasteiger partial charge in [-0.2, -0.15) is 0 Å². The van der Waals surface area contributed by atoms with Crippen molar-refractivity contribution in [3.8, 4) is 0 Å². The molecule has 0 atom stereocenters. The number of hydrogen-bond acceptors (Lipinski definition) is 2. The van der Waals surface area contributed by atoms with Crippen LogP contribution in [0.1, 0.15) is 6.92 Å². The van der Waals surface area contributed by atoms with Gasteiger partial charge in [-0.05, 0) is 13.0 Å². The second-order valence-corrected chi connectivity index (χ2v) is 3.89. The van der Waals surface area contributed by atoms with Crippen LogP contribution in [0, 0.1) is 0 Å². The Balaban J connectivity index is 4.16. The molecule has 0 N–H and O–H groups in total. The van der Waals surface area contributed by atoms with Gasteiger partial charge in [0.15, 0.2) is 0 Å². The van der Waals surface area contributed by atoms with E-state index in [0.29, 0.717) is 23.2 Å². The second kappa shape index (κ2) is 5.60. The van der Waals surface area contributed by atoms with Crippen LogP contribution in [-0.2, 0) is 9.53 Å². The van der Waals surface area contributed by atoms with E-state index in [4.69, 9.17) is 4.74 Å². The smallest absolute Gasteiger partial charge is 0.339 e. The molecule has 0 saturated heterocycles. The number of esters is 1. The number of rotatable bonds is 6. The number of nitrogens with zero attached hydrogens (tertiary/aromatic N) is 1. The molecule has 0 aliphatic rings. The van der Waals surface area contributed by atoms with Crippen LogP contribution in [0.5, 0.6) is 0 Å². The highest BCUT2D eigenvalue weighted by atomic mass is 16.5. The molecular weight excluding hydrogens is 178 g/mol. The van der Waals surface area contributed by atoms with Crippen molar-refractivity contribution in [2.24, 2.45) is 0 Å². The Kier molecular flexibility index (Phi) is 5.16. The van der Waals surface area contributed by atoms with Crippen LogP contribution in [0.25, 0.3) is 0 Å². The average Bonchev–Trinajstić information content (AvgIpc) is 2.03. The predicted octanol–water partition coefficient (Wildman–Crippen LogP) is 1.37. The molecule has 0 heterocycles. The summed E-state index contributed by atoms with van der Waals surface area (Å²) in [5.74, 6) is -0.303. The quantitative estimate of drug-likeness (QED) is 0.279. The van der Waals surface area contributed by atoms with Crippen LogP contribution in [-0.4, -0.2) is 44.2 Å². The van der Waals surface area contributed by atoms with Crippen LogP contribution >= 0.6 is 0 Å². The molecule has 0 bridgehead atoms. The Bertz CT molecular complexity index is 231. The minimum Gasteiger partial charge on any atom is -0.462 e. The standard InChI is InChI=1S/C11H20NO2/c1-6-8-12(4,5)9-10(3)11(13)14-7-2/h6H,1,3,7-9H2,2,4-5H3/q+1. The molecule has 0 saturated carbocycles. The van der Waals surface area contributed by atoms with Gasteiger partial charge in [-0.25, -0.2) is 4.79 Å². The largest absolute Gasteiger partial charge is 0.462 e. The highest BCUT2D eigenvalue weighted by Crippen LogP contribution is 2.04. The Hall–Kier alpha value is -1.09. The summed E-state index contributed by atoms with van der Waals surface area (Å²) in [6, 6.07) is 0. The molecule has 0 spiro atoms. The average molecular weight is 198 g/mol. The van der Waals surface area contributed by atoms with E-state index in [9.17, 15) is 4.79 Å². The number of carbonyl (C=O) groups is 1. The predicted molar refractivity (Wildman–Crippen MR) is 57.8 cm³/mol. The van der Waals surface area contributed by atoms with Crippen molar-refractivity contribution in [3.05, 3.63) is 24.8 Å². The van der Waals surface area contributed by atoms with Crippen molar-refractivity contribution in [1.29, 1.82) is 0 Å². The summed E-state index contributed by atoms with van der Waals surface area (Å²) in [5.41, 5.74) is 0.513. The first kappa shape index (κ1) is 12.9. The van der Waals surface area contributed by atoms with Crippen LogP contribution in [0.15, 0.2) is 24.8 Å². The van der Waals surface area contributed by atoms with Crippen LogP contribution in [0.4, 0.5) is 0 Å². The first-order valence-corrected chi connectivity index (χ1v) is 4.70. The number of ether oxygens (including phenoxy) is 1. The maximum Gasteiger partial charge on any atom is 0.339 e. The molecule has 0 aliphatic carbocycles. The van der Waals surface area contributed by atoms with Crippen molar-refractivity contribution < 1.29 is 14.0 Å². The van der Waals surface area contributed by atoms with E-state index in [1.807, 2.05) is 20.2 Å². The number of quaternary nitrogens is 1. The number of hydrogen-bond donors (Lipinski definition) is 0. The molecule has 0 aromatic rings. The zero-order valence-corrected chi connectivity index (χ0v) is 9.38. The molecule has 80 valence electrons. The zero-order chi connectivity index (χ0) is 11.2. The zero-order valence-electron chi connectivity index (χ0n) is 9.38. The molecule has 0 radical (unpaired) electrons. The topological polar surface area (TPSA) is 26.3 Å². The van der Waals surface area contributed by atoms with Crippen molar-refractivity contribution in [3.63, 3.8) is 0 Å². The minimum absolute atomic E-state index is 0.303. The maximum atomic E-state index is 11.3. The van der Waals surface area contributed by atoms with E-state index in [0.717, 1.165) is 6.54 Å². The lowest BCUT2D eigenvalue weighted by Crippen LogP contribution is -2.42. The molecule has 0 aromatic carbocycles. The Morgan fingerprint density at radius 3 is 2.50 bits per heavy atom. The first-order chi connectivity index (χ1) is 6.43. The third-order valence-corrected chi connectivity index (χ3v) is 1.81. The molecule has 0 unspecified atom stereocenters. The first-order valence-electron chi connectivity index (χ1n) is 4.70. The molecule has 14 heavy (non-hydrogen) atoms. The lowest BCUT2D eigenvalue weighted by atomic mass is 10.2. The Morgan fingerprint density at radius 1 is 1.50 bits per heavy atom. The van der Waals surface area contributed by atoms with Gasteiger partial charge in [0.2, 0.25) is 0 Å². The summed E-state index contributed by atoms with van der Waals surface area (Å²) in [4.78, 5) is 11.3. The van der Waals surface area contributed by atoms with Crippen molar-refractivity contribution in [2.45, 2.75) is 6.92 Å². The summed E-state index contributed by atoms with van der Waals surface area (Å²) in [5, 5.41) is 0. The minimum atomic E-state index is -0.303. The monoisotopic (exact) mass is 198 g/mol. The van der Waals surface area contributed by atoms with Crippen LogP contribution < -0.4 is 0 Å². The molecule has 3 heteroatoms. The van der Waals surface area contributed by atoms with E-state index < -0.39 is 0 Å². The molecule has 3 nitrogen and oxygen atoms in total. The fraction of sp³-hybridized carbons (Fsp3) is 0.545. The van der Waals surface area contributed by atoms with Crippen molar-refractivity contribution in [1.82, 2.24) is 0 Å². The fourth-order valence-corrected chi connectivity index (χ4v) is 1.23. The van der Waals surface area contributed by atoms with Gasteiger partial charge >= 0.3 is 5.97 Å². The van der Waals surface area contributed by atoms with Crippen molar-refractivity contribution >= 4 is 5.97 Å². The van der Waals surface area contributed by atoms with Gasteiger partial charge in [-0.3, -0.25) is 0 Å². The van der Waals surface area contributed by atoms with Gasteiger partial charge in [0.05, 0.1) is 32.8 Å². The van der Waals surface area contributed by atoms with Gasteiger partial charge < -0.3 is 9.22 Å². The summed E-state index contributed by atoms with van der Waals surface area (Å²) in [6.07, 6.45) is 1.83.